The maximum atomic E-state index is 12.9. The number of rotatable bonds is 5. The van der Waals surface area contributed by atoms with Gasteiger partial charge >= 0.3 is 0 Å². The highest BCUT2D eigenvalue weighted by atomic mass is 16.5. The van der Waals surface area contributed by atoms with Crippen LogP contribution in [0.2, 0.25) is 0 Å². The Balaban J connectivity index is 1.28. The zero-order valence-electron chi connectivity index (χ0n) is 19.8. The first kappa shape index (κ1) is 22.9. The third-order valence-electron chi connectivity index (χ3n) is 6.11. The minimum atomic E-state index is -0.394. The van der Waals surface area contributed by atoms with Gasteiger partial charge in [-0.1, -0.05) is 25.9 Å². The van der Waals surface area contributed by atoms with E-state index in [9.17, 15) is 14.4 Å². The molecule has 2 aliphatic heterocycles. The van der Waals surface area contributed by atoms with Crippen molar-refractivity contribution in [2.75, 3.05) is 18.5 Å². The van der Waals surface area contributed by atoms with Gasteiger partial charge in [-0.3, -0.25) is 19.3 Å². The van der Waals surface area contributed by atoms with Crippen LogP contribution < -0.4 is 5.32 Å². The highest BCUT2D eigenvalue weighted by Gasteiger charge is 2.38. The summed E-state index contributed by atoms with van der Waals surface area (Å²) in [6, 6.07) is 11.6. The molecule has 3 heterocycles. The van der Waals surface area contributed by atoms with E-state index in [0.717, 1.165) is 18.4 Å². The fraction of sp³-hybridized carbons (Fsp3) is 0.346. The van der Waals surface area contributed by atoms with Crippen molar-refractivity contribution in [2.24, 2.45) is 0 Å². The molecule has 5 rings (SSSR count). The second-order valence-corrected chi connectivity index (χ2v) is 9.82. The van der Waals surface area contributed by atoms with E-state index in [1.165, 1.54) is 17.0 Å². The molecule has 1 atom stereocenters. The highest BCUT2D eigenvalue weighted by molar-refractivity contribution is 6.22. The summed E-state index contributed by atoms with van der Waals surface area (Å²) in [5.41, 5.74) is 1.92. The number of nitrogens with one attached hydrogen (secondary N) is 1. The maximum absolute atomic E-state index is 12.9. The largest absolute Gasteiger partial charge is 0.376 e. The van der Waals surface area contributed by atoms with E-state index < -0.39 is 5.91 Å². The van der Waals surface area contributed by atoms with Crippen molar-refractivity contribution in [1.82, 2.24) is 15.0 Å². The summed E-state index contributed by atoms with van der Waals surface area (Å²) in [6.45, 7) is 6.86. The fourth-order valence-corrected chi connectivity index (χ4v) is 4.14. The molecule has 9 heteroatoms. The van der Waals surface area contributed by atoms with E-state index in [1.807, 2.05) is 20.8 Å². The van der Waals surface area contributed by atoms with Crippen molar-refractivity contribution in [3.05, 3.63) is 65.0 Å². The van der Waals surface area contributed by atoms with Crippen LogP contribution in [0.4, 0.5) is 5.69 Å². The van der Waals surface area contributed by atoms with Gasteiger partial charge in [-0.05, 0) is 55.3 Å². The number of hydrogen-bond donors (Lipinski definition) is 1. The van der Waals surface area contributed by atoms with Gasteiger partial charge in [0.15, 0.2) is 0 Å². The SMILES string of the molecule is CC(C)(C)c1nc(-c2ccc(NC(=O)c3ccc4c(c3)C(=O)N(CC3CCCO3)C4=O)cc2)no1. The lowest BCUT2D eigenvalue weighted by molar-refractivity contribution is 0.0475. The Morgan fingerprint density at radius 3 is 2.49 bits per heavy atom. The third-order valence-corrected chi connectivity index (χ3v) is 6.11. The van der Waals surface area contributed by atoms with Crippen LogP contribution in [-0.2, 0) is 10.2 Å². The zero-order valence-corrected chi connectivity index (χ0v) is 19.8. The number of imide groups is 1. The molecule has 180 valence electrons. The number of hydrogen-bond acceptors (Lipinski definition) is 7. The van der Waals surface area contributed by atoms with Crippen LogP contribution in [0.3, 0.4) is 0 Å². The van der Waals surface area contributed by atoms with E-state index >= 15 is 0 Å². The Labute approximate surface area is 202 Å². The lowest BCUT2D eigenvalue weighted by atomic mass is 9.97. The molecule has 3 amide bonds. The number of ether oxygens (including phenoxy) is 1. The summed E-state index contributed by atoms with van der Waals surface area (Å²) >= 11 is 0. The van der Waals surface area contributed by atoms with Crippen LogP contribution in [0, 0.1) is 0 Å². The monoisotopic (exact) mass is 474 g/mol. The number of nitrogens with zero attached hydrogens (tertiary/aromatic N) is 3. The average Bonchev–Trinajstić information content (AvgIpc) is 3.57. The van der Waals surface area contributed by atoms with Crippen molar-refractivity contribution >= 4 is 23.4 Å². The Kier molecular flexibility index (Phi) is 5.72. The summed E-state index contributed by atoms with van der Waals surface area (Å²) in [6.07, 6.45) is 1.62. The predicted molar refractivity (Wildman–Crippen MR) is 127 cm³/mol. The van der Waals surface area contributed by atoms with Gasteiger partial charge in [-0.25, -0.2) is 0 Å². The number of anilines is 1. The molecule has 35 heavy (non-hydrogen) atoms. The quantitative estimate of drug-likeness (QED) is 0.555. The van der Waals surface area contributed by atoms with E-state index in [4.69, 9.17) is 9.26 Å². The van der Waals surface area contributed by atoms with Crippen LogP contribution >= 0.6 is 0 Å². The molecule has 0 bridgehead atoms. The Morgan fingerprint density at radius 2 is 1.83 bits per heavy atom. The van der Waals surface area contributed by atoms with Crippen molar-refractivity contribution in [1.29, 1.82) is 0 Å². The number of benzene rings is 2. The van der Waals surface area contributed by atoms with Gasteiger partial charge in [0.05, 0.1) is 23.8 Å². The molecule has 9 nitrogen and oxygen atoms in total. The van der Waals surface area contributed by atoms with Crippen molar-refractivity contribution < 1.29 is 23.6 Å². The lowest BCUT2D eigenvalue weighted by Crippen LogP contribution is -2.36. The first-order chi connectivity index (χ1) is 16.7. The van der Waals surface area contributed by atoms with Gasteiger partial charge in [0.25, 0.3) is 17.7 Å². The van der Waals surface area contributed by atoms with Gasteiger partial charge < -0.3 is 14.6 Å². The van der Waals surface area contributed by atoms with E-state index in [2.05, 4.69) is 15.5 Å². The summed E-state index contributed by atoms with van der Waals surface area (Å²) in [5, 5.41) is 6.85. The second-order valence-electron chi connectivity index (χ2n) is 9.82. The maximum Gasteiger partial charge on any atom is 0.261 e. The third kappa shape index (κ3) is 4.46. The number of aromatic nitrogens is 2. The number of amides is 3. The van der Waals surface area contributed by atoms with Gasteiger partial charge in [0.1, 0.15) is 0 Å². The first-order valence-electron chi connectivity index (χ1n) is 11.6. The van der Waals surface area contributed by atoms with Crippen LogP contribution in [0.1, 0.15) is 70.6 Å². The Bertz CT molecular complexity index is 1300. The molecule has 1 unspecified atom stereocenters. The Morgan fingerprint density at radius 1 is 1.09 bits per heavy atom. The Hall–Kier alpha value is -3.85. The molecule has 2 aliphatic rings. The average molecular weight is 475 g/mol. The number of fused-ring (bicyclic) bond motifs is 1. The smallest absolute Gasteiger partial charge is 0.261 e. The fourth-order valence-electron chi connectivity index (χ4n) is 4.14. The van der Waals surface area contributed by atoms with Crippen LogP contribution in [-0.4, -0.2) is 52.0 Å². The van der Waals surface area contributed by atoms with Crippen molar-refractivity contribution in [3.8, 4) is 11.4 Å². The van der Waals surface area contributed by atoms with Crippen molar-refractivity contribution in [3.63, 3.8) is 0 Å². The molecule has 0 saturated carbocycles. The van der Waals surface area contributed by atoms with E-state index in [-0.39, 0.29) is 35.4 Å². The molecule has 1 N–H and O–H groups in total. The number of carbonyl (C=O) groups excluding carboxylic acids is 3. The summed E-state index contributed by atoms with van der Waals surface area (Å²) < 4.78 is 10.9. The summed E-state index contributed by atoms with van der Waals surface area (Å²) in [5.74, 6) is -0.104. The molecule has 1 saturated heterocycles. The van der Waals surface area contributed by atoms with Gasteiger partial charge in [-0.2, -0.15) is 4.98 Å². The molecule has 0 spiro atoms. The molecule has 1 fully saturated rings. The molecule has 2 aromatic carbocycles. The van der Waals surface area contributed by atoms with Gasteiger partial charge in [0, 0.05) is 28.8 Å². The normalized spacial score (nSPS) is 17.7. The van der Waals surface area contributed by atoms with Gasteiger partial charge in [0.2, 0.25) is 11.7 Å². The topological polar surface area (TPSA) is 115 Å². The predicted octanol–water partition coefficient (Wildman–Crippen LogP) is 4.06. The van der Waals surface area contributed by atoms with Crippen LogP contribution in [0.15, 0.2) is 47.0 Å². The van der Waals surface area contributed by atoms with Crippen LogP contribution in [0.25, 0.3) is 11.4 Å². The standard InChI is InChI=1S/C26H26N4O5/c1-26(2,3)25-28-21(29-35-25)15-6-9-17(10-7-15)27-22(31)16-8-11-19-20(13-16)24(33)30(23(19)32)14-18-5-4-12-34-18/h6-11,13,18H,4-5,12,14H2,1-3H3,(H,27,31). The van der Waals surface area contributed by atoms with Crippen molar-refractivity contribution in [2.45, 2.75) is 45.1 Å². The highest BCUT2D eigenvalue weighted by Crippen LogP contribution is 2.27. The molecule has 3 aromatic rings. The molecule has 0 radical (unpaired) electrons. The minimum absolute atomic E-state index is 0.129. The lowest BCUT2D eigenvalue weighted by Gasteiger charge is -2.17. The van der Waals surface area contributed by atoms with E-state index in [0.29, 0.717) is 35.1 Å². The molecular formula is C26H26N4O5. The van der Waals surface area contributed by atoms with Gasteiger partial charge in [-0.15, -0.1) is 0 Å². The van der Waals surface area contributed by atoms with Crippen LogP contribution in [0.5, 0.6) is 0 Å². The van der Waals surface area contributed by atoms with E-state index in [1.54, 1.807) is 30.3 Å². The second kappa shape index (κ2) is 8.74. The molecule has 0 aliphatic carbocycles. The first-order valence-corrected chi connectivity index (χ1v) is 11.6. The summed E-state index contributed by atoms with van der Waals surface area (Å²) in [4.78, 5) is 44.1. The molecular weight excluding hydrogens is 448 g/mol. The minimum Gasteiger partial charge on any atom is -0.376 e. The zero-order chi connectivity index (χ0) is 24.7. The number of carbonyl (C=O) groups is 3. The molecule has 1 aromatic heterocycles. The summed E-state index contributed by atoms with van der Waals surface area (Å²) in [7, 11) is 0.